The first kappa shape index (κ1) is 12.4. The minimum absolute atomic E-state index is 0.00523. The van der Waals surface area contributed by atoms with E-state index in [9.17, 15) is 9.59 Å². The van der Waals surface area contributed by atoms with Crippen LogP contribution in [0.4, 0.5) is 0 Å². The fraction of sp³-hybridized carbons (Fsp3) is 0.444. The zero-order chi connectivity index (χ0) is 12.1. The average Bonchev–Trinajstić information content (AvgIpc) is 2.17. The van der Waals surface area contributed by atoms with Crippen LogP contribution in [0.5, 0.6) is 5.88 Å². The Balaban J connectivity index is 3.29. The molecule has 16 heavy (non-hydrogen) atoms. The third-order valence-electron chi connectivity index (χ3n) is 1.68. The lowest BCUT2D eigenvalue weighted by molar-refractivity contribution is 0.0519. The van der Waals surface area contributed by atoms with Crippen LogP contribution in [0.15, 0.2) is 4.79 Å². The molecular formula is C9H12N2O4S. The second-order valence-electron chi connectivity index (χ2n) is 2.77. The average molecular weight is 244 g/mol. The maximum atomic E-state index is 11.6. The van der Waals surface area contributed by atoms with Crippen molar-refractivity contribution < 1.29 is 14.3 Å². The van der Waals surface area contributed by atoms with Gasteiger partial charge in [0.2, 0.25) is 5.88 Å². The first-order valence-electron chi connectivity index (χ1n) is 4.76. The number of nitrogens with one attached hydrogen (secondary N) is 2. The van der Waals surface area contributed by atoms with Crippen molar-refractivity contribution >= 4 is 18.2 Å². The van der Waals surface area contributed by atoms with Crippen molar-refractivity contribution in [2.45, 2.75) is 13.8 Å². The lowest BCUT2D eigenvalue weighted by Gasteiger charge is -2.08. The van der Waals surface area contributed by atoms with E-state index in [1.807, 2.05) is 0 Å². The van der Waals surface area contributed by atoms with Gasteiger partial charge in [-0.2, -0.15) is 0 Å². The minimum Gasteiger partial charge on any atom is -0.478 e. The highest BCUT2D eigenvalue weighted by molar-refractivity contribution is 7.71. The summed E-state index contributed by atoms with van der Waals surface area (Å²) in [5.41, 5.74) is -0.486. The van der Waals surface area contributed by atoms with Crippen LogP contribution < -0.4 is 10.4 Å². The fourth-order valence-electron chi connectivity index (χ4n) is 1.11. The highest BCUT2D eigenvalue weighted by atomic mass is 32.1. The summed E-state index contributed by atoms with van der Waals surface area (Å²) in [6.45, 7) is 3.93. The van der Waals surface area contributed by atoms with Crippen molar-refractivity contribution in [2.24, 2.45) is 0 Å². The quantitative estimate of drug-likeness (QED) is 0.610. The molecule has 0 aliphatic carbocycles. The van der Waals surface area contributed by atoms with Gasteiger partial charge in [-0.05, 0) is 13.8 Å². The normalized spacial score (nSPS) is 9.88. The van der Waals surface area contributed by atoms with E-state index in [-0.39, 0.29) is 22.7 Å². The first-order chi connectivity index (χ1) is 7.60. The predicted molar refractivity (Wildman–Crippen MR) is 59.4 cm³/mol. The summed E-state index contributed by atoms with van der Waals surface area (Å²) >= 11 is 4.88. The fourth-order valence-corrected chi connectivity index (χ4v) is 1.38. The van der Waals surface area contributed by atoms with Crippen molar-refractivity contribution in [1.82, 2.24) is 9.97 Å². The van der Waals surface area contributed by atoms with Crippen LogP contribution >= 0.6 is 12.2 Å². The van der Waals surface area contributed by atoms with Gasteiger partial charge < -0.3 is 9.47 Å². The van der Waals surface area contributed by atoms with Crippen LogP contribution in [0.25, 0.3) is 0 Å². The highest BCUT2D eigenvalue weighted by Crippen LogP contribution is 2.14. The SMILES string of the molecule is CCOC(=O)c1c(OCC)[nH]c(=O)[nH]c1=S. The number of H-pyrrole nitrogens is 2. The van der Waals surface area contributed by atoms with Gasteiger partial charge >= 0.3 is 11.7 Å². The zero-order valence-corrected chi connectivity index (χ0v) is 9.77. The van der Waals surface area contributed by atoms with Gasteiger partial charge in [-0.3, -0.25) is 9.97 Å². The van der Waals surface area contributed by atoms with Crippen molar-refractivity contribution in [3.63, 3.8) is 0 Å². The molecule has 0 aliphatic heterocycles. The summed E-state index contributed by atoms with van der Waals surface area (Å²) in [6, 6.07) is 0. The van der Waals surface area contributed by atoms with Gasteiger partial charge in [0.25, 0.3) is 0 Å². The van der Waals surface area contributed by atoms with Gasteiger partial charge in [-0.15, -0.1) is 0 Å². The molecule has 1 heterocycles. The van der Waals surface area contributed by atoms with E-state index in [0.717, 1.165) is 0 Å². The van der Waals surface area contributed by atoms with Gasteiger partial charge in [0.1, 0.15) is 4.64 Å². The Morgan fingerprint density at radius 2 is 2.00 bits per heavy atom. The van der Waals surface area contributed by atoms with Gasteiger partial charge in [-0.25, -0.2) is 9.59 Å². The maximum Gasteiger partial charge on any atom is 0.346 e. The molecule has 1 rings (SSSR count). The molecule has 0 atom stereocenters. The van der Waals surface area contributed by atoms with E-state index in [0.29, 0.717) is 6.61 Å². The molecule has 2 N–H and O–H groups in total. The Kier molecular flexibility index (Phi) is 4.24. The molecule has 7 heteroatoms. The molecule has 0 aliphatic rings. The monoisotopic (exact) mass is 244 g/mol. The van der Waals surface area contributed by atoms with Crippen LogP contribution in [0.3, 0.4) is 0 Å². The summed E-state index contributed by atoms with van der Waals surface area (Å²) in [4.78, 5) is 27.3. The van der Waals surface area contributed by atoms with E-state index < -0.39 is 11.7 Å². The van der Waals surface area contributed by atoms with E-state index in [1.165, 1.54) is 0 Å². The van der Waals surface area contributed by atoms with Crippen LogP contribution in [0.2, 0.25) is 0 Å². The summed E-state index contributed by atoms with van der Waals surface area (Å²) in [5, 5.41) is 0. The zero-order valence-electron chi connectivity index (χ0n) is 8.96. The predicted octanol–water partition coefficient (Wildman–Crippen LogP) is 1.01. The third-order valence-corrected chi connectivity index (χ3v) is 1.98. The number of aromatic amines is 2. The number of hydrogen-bond acceptors (Lipinski definition) is 5. The van der Waals surface area contributed by atoms with Crippen molar-refractivity contribution in [2.75, 3.05) is 13.2 Å². The molecule has 0 radical (unpaired) electrons. The summed E-state index contributed by atoms with van der Waals surface area (Å²) in [7, 11) is 0. The molecule has 0 aromatic carbocycles. The van der Waals surface area contributed by atoms with Gasteiger partial charge in [0.15, 0.2) is 5.56 Å². The smallest absolute Gasteiger partial charge is 0.346 e. The Morgan fingerprint density at radius 1 is 1.31 bits per heavy atom. The highest BCUT2D eigenvalue weighted by Gasteiger charge is 2.17. The topological polar surface area (TPSA) is 84.2 Å². The van der Waals surface area contributed by atoms with Crippen LogP contribution in [0.1, 0.15) is 24.2 Å². The lowest BCUT2D eigenvalue weighted by atomic mass is 10.3. The standard InChI is InChI=1S/C9H12N2O4S/c1-3-14-6-5(8(12)15-4-2)7(16)11-9(13)10-6/h3-4H2,1-2H3,(H2,10,11,13,16). The van der Waals surface area contributed by atoms with Gasteiger partial charge in [0, 0.05) is 0 Å². The van der Waals surface area contributed by atoms with Crippen molar-refractivity contribution in [1.29, 1.82) is 0 Å². The minimum atomic E-state index is -0.622. The van der Waals surface area contributed by atoms with E-state index in [2.05, 4.69) is 9.97 Å². The molecule has 0 bridgehead atoms. The number of ether oxygens (including phenoxy) is 2. The maximum absolute atomic E-state index is 11.6. The second kappa shape index (κ2) is 5.45. The third kappa shape index (κ3) is 2.69. The first-order valence-corrected chi connectivity index (χ1v) is 5.17. The summed E-state index contributed by atoms with van der Waals surface area (Å²) in [5.74, 6) is -0.585. The molecule has 0 saturated heterocycles. The molecule has 1 aromatic rings. The molecule has 0 saturated carbocycles. The van der Waals surface area contributed by atoms with Gasteiger partial charge in [-0.1, -0.05) is 12.2 Å². The van der Waals surface area contributed by atoms with Crippen LogP contribution in [-0.2, 0) is 4.74 Å². The molecule has 0 amide bonds. The van der Waals surface area contributed by atoms with E-state index >= 15 is 0 Å². The Labute approximate surface area is 96.6 Å². The Hall–Kier alpha value is -1.63. The van der Waals surface area contributed by atoms with Crippen molar-refractivity contribution in [3.05, 3.63) is 20.7 Å². The number of hydrogen-bond donors (Lipinski definition) is 2. The van der Waals surface area contributed by atoms with Crippen LogP contribution in [-0.4, -0.2) is 29.2 Å². The summed E-state index contributed by atoms with van der Waals surface area (Å²) < 4.78 is 9.94. The van der Waals surface area contributed by atoms with E-state index in [1.54, 1.807) is 13.8 Å². The number of rotatable bonds is 4. The second-order valence-corrected chi connectivity index (χ2v) is 3.17. The number of esters is 1. The van der Waals surface area contributed by atoms with Gasteiger partial charge in [0.05, 0.1) is 13.2 Å². The lowest BCUT2D eigenvalue weighted by Crippen LogP contribution is -2.18. The van der Waals surface area contributed by atoms with Crippen molar-refractivity contribution in [3.8, 4) is 5.88 Å². The number of carbonyl (C=O) groups is 1. The molecule has 0 spiro atoms. The summed E-state index contributed by atoms with van der Waals surface area (Å²) in [6.07, 6.45) is 0. The van der Waals surface area contributed by atoms with Crippen LogP contribution in [0, 0.1) is 4.64 Å². The Bertz CT molecular complexity index is 491. The number of carbonyl (C=O) groups excluding carboxylic acids is 1. The molecule has 6 nitrogen and oxygen atoms in total. The van der Waals surface area contributed by atoms with E-state index in [4.69, 9.17) is 21.7 Å². The molecule has 0 fully saturated rings. The number of aromatic nitrogens is 2. The molecule has 88 valence electrons. The Morgan fingerprint density at radius 3 is 2.56 bits per heavy atom. The molecule has 0 unspecified atom stereocenters. The molecule has 1 aromatic heterocycles. The largest absolute Gasteiger partial charge is 0.478 e. The molecular weight excluding hydrogens is 232 g/mol.